The van der Waals surface area contributed by atoms with Gasteiger partial charge >= 0.3 is 18.3 Å². The molecule has 4 nitrogen and oxygen atoms in total. The van der Waals surface area contributed by atoms with Crippen LogP contribution in [0.4, 0.5) is 26.3 Å². The van der Waals surface area contributed by atoms with E-state index in [1.807, 2.05) is 0 Å². The van der Waals surface area contributed by atoms with Crippen LogP contribution >= 0.6 is 0 Å². The molecule has 0 aromatic carbocycles. The van der Waals surface area contributed by atoms with Crippen LogP contribution in [0.1, 0.15) is 32.1 Å². The van der Waals surface area contributed by atoms with Gasteiger partial charge in [-0.25, -0.2) is 0 Å². The van der Waals surface area contributed by atoms with Crippen LogP contribution in [-0.2, 0) is 9.59 Å². The molecule has 0 spiro atoms. The molecule has 128 valence electrons. The lowest BCUT2D eigenvalue weighted by Gasteiger charge is -2.33. The molecule has 1 heterocycles. The quantitative estimate of drug-likeness (QED) is 0.621. The largest absolute Gasteiger partial charge is 0.481 e. The van der Waals surface area contributed by atoms with Crippen molar-refractivity contribution >= 4 is 11.9 Å². The molecule has 1 amide bonds. The molecule has 0 aliphatic carbocycles. The van der Waals surface area contributed by atoms with Crippen LogP contribution in [0.25, 0.3) is 0 Å². The summed E-state index contributed by atoms with van der Waals surface area (Å²) in [6.45, 7) is -2.05. The van der Waals surface area contributed by atoms with Crippen LogP contribution in [0.5, 0.6) is 0 Å². The lowest BCUT2D eigenvalue weighted by Crippen LogP contribution is -2.52. The summed E-state index contributed by atoms with van der Waals surface area (Å²) in [5.41, 5.74) is -3.88. The maximum atomic E-state index is 12.8. The topological polar surface area (TPSA) is 57.6 Å². The van der Waals surface area contributed by atoms with Gasteiger partial charge in [0, 0.05) is 25.9 Å². The molecule has 0 aromatic heterocycles. The molecule has 0 unspecified atom stereocenters. The number of nitrogens with zero attached hydrogens (tertiary/aromatic N) is 1. The number of hydrogen-bond donors (Lipinski definition) is 1. The van der Waals surface area contributed by atoms with Crippen molar-refractivity contribution in [3.05, 3.63) is 0 Å². The van der Waals surface area contributed by atoms with E-state index in [2.05, 4.69) is 0 Å². The molecule has 0 aromatic rings. The predicted octanol–water partition coefficient (Wildman–Crippen LogP) is 2.97. The van der Waals surface area contributed by atoms with Crippen LogP contribution in [0.2, 0.25) is 0 Å². The number of aliphatic carboxylic acids is 1. The minimum absolute atomic E-state index is 0.104. The minimum atomic E-state index is -5.48. The number of carboxylic acids is 1. The van der Waals surface area contributed by atoms with Gasteiger partial charge in [-0.15, -0.1) is 0 Å². The van der Waals surface area contributed by atoms with E-state index >= 15 is 0 Å². The van der Waals surface area contributed by atoms with Crippen molar-refractivity contribution in [3.8, 4) is 0 Å². The Morgan fingerprint density at radius 1 is 1.00 bits per heavy atom. The number of hydrogen-bond acceptors (Lipinski definition) is 2. The number of carbonyl (C=O) groups is 2. The lowest BCUT2D eigenvalue weighted by atomic mass is 9.85. The van der Waals surface area contributed by atoms with Crippen molar-refractivity contribution in [2.24, 2.45) is 5.41 Å². The Morgan fingerprint density at radius 2 is 1.50 bits per heavy atom. The van der Waals surface area contributed by atoms with Gasteiger partial charge in [0.2, 0.25) is 5.91 Å². The highest BCUT2D eigenvalue weighted by molar-refractivity contribution is 5.76. The smallest absolute Gasteiger partial charge is 0.404 e. The average Bonchev–Trinajstić information content (AvgIpc) is 2.79. The zero-order valence-electron chi connectivity index (χ0n) is 11.4. The molecular formula is C12H15F6NO3. The van der Waals surface area contributed by atoms with Gasteiger partial charge < -0.3 is 10.0 Å². The SMILES string of the molecule is O=C(O)CCCCC(=O)N1CCC(C(F)(F)F)(C(F)(F)F)C1. The van der Waals surface area contributed by atoms with Gasteiger partial charge in [-0.2, -0.15) is 26.3 Å². The number of halogens is 6. The van der Waals surface area contributed by atoms with E-state index in [-0.39, 0.29) is 25.7 Å². The van der Waals surface area contributed by atoms with Crippen molar-refractivity contribution in [3.63, 3.8) is 0 Å². The van der Waals surface area contributed by atoms with E-state index < -0.39 is 49.2 Å². The third-order valence-electron chi connectivity index (χ3n) is 3.74. The first-order valence-electron chi connectivity index (χ1n) is 6.54. The highest BCUT2D eigenvalue weighted by Gasteiger charge is 2.72. The zero-order valence-corrected chi connectivity index (χ0v) is 11.4. The highest BCUT2D eigenvalue weighted by Crippen LogP contribution is 2.55. The number of rotatable bonds is 5. The molecule has 10 heteroatoms. The van der Waals surface area contributed by atoms with E-state index in [1.165, 1.54) is 0 Å². The number of carboxylic acid groups (broad SMARTS) is 1. The van der Waals surface area contributed by atoms with Crippen LogP contribution < -0.4 is 0 Å². The maximum absolute atomic E-state index is 12.8. The molecule has 0 radical (unpaired) electrons. The number of likely N-dealkylation sites (tertiary alicyclic amines) is 1. The van der Waals surface area contributed by atoms with Crippen molar-refractivity contribution in [1.82, 2.24) is 4.90 Å². The van der Waals surface area contributed by atoms with E-state index in [0.717, 1.165) is 0 Å². The molecule has 1 fully saturated rings. The normalized spacial score (nSPS) is 18.5. The Morgan fingerprint density at radius 3 is 1.91 bits per heavy atom. The van der Waals surface area contributed by atoms with Gasteiger partial charge in [0.1, 0.15) is 0 Å². The fourth-order valence-corrected chi connectivity index (χ4v) is 2.36. The third kappa shape index (κ3) is 3.83. The van der Waals surface area contributed by atoms with Crippen LogP contribution in [0.15, 0.2) is 0 Å². The molecule has 22 heavy (non-hydrogen) atoms. The fraction of sp³-hybridized carbons (Fsp3) is 0.833. The average molecular weight is 335 g/mol. The summed E-state index contributed by atoms with van der Waals surface area (Å²) in [5, 5.41) is 8.39. The van der Waals surface area contributed by atoms with E-state index in [0.29, 0.717) is 4.90 Å². The summed E-state index contributed by atoms with van der Waals surface area (Å²) < 4.78 is 76.9. The highest BCUT2D eigenvalue weighted by atomic mass is 19.4. The molecule has 0 bridgehead atoms. The Balaban J connectivity index is 2.66. The third-order valence-corrected chi connectivity index (χ3v) is 3.74. The number of alkyl halides is 6. The second-order valence-electron chi connectivity index (χ2n) is 5.24. The number of unbranched alkanes of at least 4 members (excludes halogenated alkanes) is 1. The second-order valence-corrected chi connectivity index (χ2v) is 5.24. The minimum Gasteiger partial charge on any atom is -0.481 e. The summed E-state index contributed by atoms with van der Waals surface area (Å²) in [7, 11) is 0. The number of amides is 1. The van der Waals surface area contributed by atoms with E-state index in [9.17, 15) is 35.9 Å². The summed E-state index contributed by atoms with van der Waals surface area (Å²) in [4.78, 5) is 22.5. The summed E-state index contributed by atoms with van der Waals surface area (Å²) in [6.07, 6.45) is -12.4. The van der Waals surface area contributed by atoms with Crippen LogP contribution in [0, 0.1) is 5.41 Å². The predicted molar refractivity (Wildman–Crippen MR) is 61.8 cm³/mol. The van der Waals surface area contributed by atoms with Crippen molar-refractivity contribution in [2.75, 3.05) is 13.1 Å². The second kappa shape index (κ2) is 6.33. The molecule has 0 saturated carbocycles. The Hall–Kier alpha value is -1.48. The monoisotopic (exact) mass is 335 g/mol. The molecule has 1 saturated heterocycles. The van der Waals surface area contributed by atoms with E-state index in [1.54, 1.807) is 0 Å². The Kier molecular flexibility index (Phi) is 5.34. The van der Waals surface area contributed by atoms with Gasteiger partial charge in [-0.3, -0.25) is 9.59 Å². The molecule has 1 rings (SSSR count). The molecule has 1 N–H and O–H groups in total. The molecule has 0 atom stereocenters. The Labute approximate surface area is 122 Å². The molecule has 1 aliphatic rings. The van der Waals surface area contributed by atoms with Crippen LogP contribution in [-0.4, -0.2) is 47.3 Å². The lowest BCUT2D eigenvalue weighted by molar-refractivity contribution is -0.334. The standard InChI is InChI=1S/C12H15F6NO3/c13-11(14,15)10(12(16,17)18)5-6-19(7-10)8(20)3-1-2-4-9(21)22/h1-7H2,(H,21,22). The zero-order chi connectivity index (χ0) is 17.2. The van der Waals surface area contributed by atoms with Crippen molar-refractivity contribution in [1.29, 1.82) is 0 Å². The maximum Gasteiger partial charge on any atom is 0.404 e. The first kappa shape index (κ1) is 18.6. The van der Waals surface area contributed by atoms with Crippen molar-refractivity contribution < 1.29 is 41.0 Å². The van der Waals surface area contributed by atoms with E-state index in [4.69, 9.17) is 5.11 Å². The van der Waals surface area contributed by atoms with Crippen molar-refractivity contribution in [2.45, 2.75) is 44.5 Å². The van der Waals surface area contributed by atoms with Crippen LogP contribution in [0.3, 0.4) is 0 Å². The van der Waals surface area contributed by atoms with Gasteiger partial charge in [0.15, 0.2) is 5.41 Å². The first-order chi connectivity index (χ1) is 9.91. The Bertz CT molecular complexity index is 418. The molecular weight excluding hydrogens is 320 g/mol. The first-order valence-corrected chi connectivity index (χ1v) is 6.54. The fourth-order valence-electron chi connectivity index (χ4n) is 2.36. The molecule has 1 aliphatic heterocycles. The summed E-state index contributed by atoms with van der Waals surface area (Å²) >= 11 is 0. The van der Waals surface area contributed by atoms with Gasteiger partial charge in [0.05, 0.1) is 0 Å². The number of carbonyl (C=O) groups excluding carboxylic acids is 1. The van der Waals surface area contributed by atoms with Gasteiger partial charge in [-0.1, -0.05) is 0 Å². The van der Waals surface area contributed by atoms with Gasteiger partial charge in [-0.05, 0) is 19.3 Å². The van der Waals surface area contributed by atoms with Gasteiger partial charge in [0.25, 0.3) is 0 Å². The summed E-state index contributed by atoms with van der Waals surface area (Å²) in [5.74, 6) is -1.90. The summed E-state index contributed by atoms with van der Waals surface area (Å²) in [6, 6.07) is 0.